The van der Waals surface area contributed by atoms with Gasteiger partial charge in [0.1, 0.15) is 24.7 Å². The van der Waals surface area contributed by atoms with Crippen molar-refractivity contribution >= 4 is 66.2 Å². The Balaban J connectivity index is 1.37. The Morgan fingerprint density at radius 2 is 1.49 bits per heavy atom. The molecule has 4 aromatic rings. The summed E-state index contributed by atoms with van der Waals surface area (Å²) in [6, 6.07) is 12.8. The molecule has 2 heterocycles. The van der Waals surface area contributed by atoms with Crippen molar-refractivity contribution in [2.75, 3.05) is 20.3 Å². The van der Waals surface area contributed by atoms with Crippen LogP contribution in [0.5, 0.6) is 17.2 Å². The van der Waals surface area contributed by atoms with Crippen molar-refractivity contribution in [2.24, 2.45) is 5.92 Å². The highest BCUT2D eigenvalue weighted by Gasteiger charge is 2.18. The Morgan fingerprint density at radius 1 is 0.821 bits per heavy atom. The molecular weight excluding hydrogens is 540 g/mol. The predicted octanol–water partition coefficient (Wildman–Crippen LogP) is 6.43. The smallest absolute Gasteiger partial charge is 0.303 e. The Bertz CT molecular complexity index is 1550. The van der Waals surface area contributed by atoms with Gasteiger partial charge in [-0.05, 0) is 54.1 Å². The Morgan fingerprint density at radius 3 is 2.18 bits per heavy atom. The Labute approximate surface area is 233 Å². The second-order valence-electron chi connectivity index (χ2n) is 9.11. The summed E-state index contributed by atoms with van der Waals surface area (Å²) in [7, 11) is 1.55. The molecule has 1 N–H and O–H groups in total. The summed E-state index contributed by atoms with van der Waals surface area (Å²) in [5, 5.41) is 10.5. The Hall–Kier alpha value is -3.76. The standard InChI is InChI=1S/C29H28O8S2/c1-16(17(2)30)10-22(32)28-13-19-11-24(23(35-3)15-26(19)39-28)37-9-8-36-20-5-4-18-12-27(38-25(18)14-20)21(31)6-7-29(33)34/h4-5,11-16H,6-10H2,1-3H3,(H,33,34)/t16-/m0/s1. The summed E-state index contributed by atoms with van der Waals surface area (Å²) in [6.07, 6.45) is -0.0367. The molecule has 0 saturated carbocycles. The van der Waals surface area contributed by atoms with E-state index in [0.717, 1.165) is 20.2 Å². The first-order valence-electron chi connectivity index (χ1n) is 12.3. The number of rotatable bonds is 14. The highest BCUT2D eigenvalue weighted by molar-refractivity contribution is 7.21. The molecule has 8 nitrogen and oxygen atoms in total. The first-order valence-corrected chi connectivity index (χ1v) is 14.0. The van der Waals surface area contributed by atoms with Crippen LogP contribution in [0.4, 0.5) is 0 Å². The van der Waals surface area contributed by atoms with Crippen molar-refractivity contribution in [2.45, 2.75) is 33.1 Å². The fourth-order valence-corrected chi connectivity index (χ4v) is 5.95. The van der Waals surface area contributed by atoms with E-state index in [9.17, 15) is 19.2 Å². The van der Waals surface area contributed by atoms with E-state index in [1.807, 2.05) is 36.4 Å². The zero-order chi connectivity index (χ0) is 28.1. The summed E-state index contributed by atoms with van der Waals surface area (Å²) in [4.78, 5) is 48.3. The van der Waals surface area contributed by atoms with E-state index in [0.29, 0.717) is 27.0 Å². The third-order valence-corrected chi connectivity index (χ3v) is 8.48. The molecule has 1 atom stereocenters. The molecule has 0 aliphatic carbocycles. The fraction of sp³-hybridized carbons (Fsp3) is 0.310. The second-order valence-corrected chi connectivity index (χ2v) is 11.3. The minimum Gasteiger partial charge on any atom is -0.493 e. The van der Waals surface area contributed by atoms with E-state index >= 15 is 0 Å². The van der Waals surface area contributed by atoms with Gasteiger partial charge in [0.2, 0.25) is 0 Å². The minimum absolute atomic E-state index is 0.00724. The number of hydrogen-bond donors (Lipinski definition) is 1. The quantitative estimate of drug-likeness (QED) is 0.137. The van der Waals surface area contributed by atoms with Crippen molar-refractivity contribution in [1.82, 2.24) is 0 Å². The van der Waals surface area contributed by atoms with Gasteiger partial charge in [0.05, 0.1) is 23.3 Å². The summed E-state index contributed by atoms with van der Waals surface area (Å²) in [5.74, 6) is 0.131. The molecule has 204 valence electrons. The monoisotopic (exact) mass is 568 g/mol. The number of fused-ring (bicyclic) bond motifs is 2. The number of Topliss-reactive ketones (excluding diaryl/α,β-unsaturated/α-hetero) is 3. The van der Waals surface area contributed by atoms with Gasteiger partial charge >= 0.3 is 5.97 Å². The van der Waals surface area contributed by atoms with Gasteiger partial charge in [-0.1, -0.05) is 6.92 Å². The van der Waals surface area contributed by atoms with Crippen molar-refractivity contribution in [3.63, 3.8) is 0 Å². The van der Waals surface area contributed by atoms with Gasteiger partial charge < -0.3 is 19.3 Å². The fourth-order valence-electron chi connectivity index (χ4n) is 3.87. The number of ketones is 3. The molecule has 0 aliphatic heterocycles. The molecule has 0 unspecified atom stereocenters. The SMILES string of the molecule is COc1cc2sc(C(=O)C[C@H](C)C(C)=O)cc2cc1OCCOc1ccc2cc(C(=O)CCC(=O)O)sc2c1. The number of carboxylic acids is 1. The van der Waals surface area contributed by atoms with Gasteiger partial charge in [-0.15, -0.1) is 22.7 Å². The van der Waals surface area contributed by atoms with Gasteiger partial charge in [0.15, 0.2) is 23.1 Å². The number of aliphatic carboxylic acids is 1. The molecule has 2 aromatic carbocycles. The third kappa shape index (κ3) is 7.01. The molecule has 0 saturated heterocycles. The predicted molar refractivity (Wildman–Crippen MR) is 151 cm³/mol. The average Bonchev–Trinajstić information content (AvgIpc) is 3.52. The Kier molecular flexibility index (Phi) is 8.98. The number of thiophene rings is 2. The molecule has 0 spiro atoms. The highest BCUT2D eigenvalue weighted by Crippen LogP contribution is 2.37. The maximum atomic E-state index is 12.6. The maximum Gasteiger partial charge on any atom is 0.303 e. The lowest BCUT2D eigenvalue weighted by molar-refractivity contribution is -0.137. The zero-order valence-corrected chi connectivity index (χ0v) is 23.4. The van der Waals surface area contributed by atoms with Crippen LogP contribution in [-0.4, -0.2) is 48.7 Å². The van der Waals surface area contributed by atoms with E-state index in [1.54, 1.807) is 20.1 Å². The molecular formula is C29H28O8S2. The van der Waals surface area contributed by atoms with E-state index in [4.69, 9.17) is 19.3 Å². The lowest BCUT2D eigenvalue weighted by atomic mass is 10.0. The summed E-state index contributed by atoms with van der Waals surface area (Å²) in [6.45, 7) is 3.76. The first kappa shape index (κ1) is 28.3. The van der Waals surface area contributed by atoms with Crippen molar-refractivity contribution in [1.29, 1.82) is 0 Å². The molecule has 0 aliphatic rings. The van der Waals surface area contributed by atoms with Crippen LogP contribution in [0.3, 0.4) is 0 Å². The van der Waals surface area contributed by atoms with E-state index in [2.05, 4.69) is 0 Å². The second kappa shape index (κ2) is 12.4. The van der Waals surface area contributed by atoms with Crippen LogP contribution in [0.15, 0.2) is 42.5 Å². The van der Waals surface area contributed by atoms with Crippen molar-refractivity contribution < 1.29 is 38.5 Å². The summed E-state index contributed by atoms with van der Waals surface area (Å²) >= 11 is 2.68. The van der Waals surface area contributed by atoms with Gasteiger partial charge in [0, 0.05) is 34.2 Å². The van der Waals surface area contributed by atoms with Crippen LogP contribution in [-0.2, 0) is 9.59 Å². The molecule has 0 amide bonds. The molecule has 0 bridgehead atoms. The third-order valence-electron chi connectivity index (χ3n) is 6.20. The molecule has 0 radical (unpaired) electrons. The molecule has 10 heteroatoms. The molecule has 39 heavy (non-hydrogen) atoms. The van der Waals surface area contributed by atoms with Crippen molar-refractivity contribution in [3.05, 3.63) is 52.2 Å². The molecule has 4 rings (SSSR count). The number of hydrogen-bond acceptors (Lipinski definition) is 9. The van der Waals surface area contributed by atoms with Crippen LogP contribution in [0.2, 0.25) is 0 Å². The van der Waals surface area contributed by atoms with Gasteiger partial charge in [0.25, 0.3) is 0 Å². The van der Waals surface area contributed by atoms with Crippen LogP contribution in [0.25, 0.3) is 20.2 Å². The van der Waals surface area contributed by atoms with Gasteiger partial charge in [-0.2, -0.15) is 0 Å². The van der Waals surface area contributed by atoms with Gasteiger partial charge in [-0.25, -0.2) is 0 Å². The van der Waals surface area contributed by atoms with Crippen LogP contribution >= 0.6 is 22.7 Å². The topological polar surface area (TPSA) is 116 Å². The minimum atomic E-state index is -0.995. The summed E-state index contributed by atoms with van der Waals surface area (Å²) in [5.41, 5.74) is 0. The zero-order valence-electron chi connectivity index (χ0n) is 21.8. The maximum absolute atomic E-state index is 12.6. The first-order chi connectivity index (χ1) is 18.6. The average molecular weight is 569 g/mol. The van der Waals surface area contributed by atoms with Gasteiger partial charge in [-0.3, -0.25) is 19.2 Å². The van der Waals surface area contributed by atoms with E-state index < -0.39 is 5.97 Å². The van der Waals surface area contributed by atoms with Crippen LogP contribution in [0.1, 0.15) is 52.5 Å². The number of benzene rings is 2. The molecule has 0 fully saturated rings. The number of carbonyl (C=O) groups is 4. The van der Waals surface area contributed by atoms with E-state index in [-0.39, 0.29) is 55.7 Å². The lowest BCUT2D eigenvalue weighted by Gasteiger charge is -2.12. The van der Waals surface area contributed by atoms with E-state index in [1.165, 1.54) is 29.6 Å². The van der Waals surface area contributed by atoms with Crippen molar-refractivity contribution in [3.8, 4) is 17.2 Å². The highest BCUT2D eigenvalue weighted by atomic mass is 32.1. The number of methoxy groups -OCH3 is 1. The largest absolute Gasteiger partial charge is 0.493 e. The number of carboxylic acid groups (broad SMARTS) is 1. The number of carbonyl (C=O) groups excluding carboxylic acids is 3. The normalized spacial score (nSPS) is 11.9. The van der Waals surface area contributed by atoms with Crippen LogP contribution in [0, 0.1) is 5.92 Å². The van der Waals surface area contributed by atoms with Crippen LogP contribution < -0.4 is 14.2 Å². The lowest BCUT2D eigenvalue weighted by Crippen LogP contribution is -2.11. The number of ether oxygens (including phenoxy) is 3. The summed E-state index contributed by atoms with van der Waals surface area (Å²) < 4.78 is 19.0. The molecule has 2 aromatic heterocycles.